The van der Waals surface area contributed by atoms with Crippen LogP contribution in [0.15, 0.2) is 30.5 Å². The van der Waals surface area contributed by atoms with Gasteiger partial charge in [0.15, 0.2) is 5.75 Å². The van der Waals surface area contributed by atoms with Crippen LogP contribution in [0.4, 0.5) is 4.79 Å². The van der Waals surface area contributed by atoms with E-state index in [0.29, 0.717) is 18.7 Å². The van der Waals surface area contributed by atoms with E-state index in [1.807, 2.05) is 24.3 Å². The van der Waals surface area contributed by atoms with Crippen molar-refractivity contribution in [3.05, 3.63) is 30.5 Å². The summed E-state index contributed by atoms with van der Waals surface area (Å²) >= 11 is 0. The molecule has 4 aliphatic carbocycles. The smallest absolute Gasteiger partial charge is 0.315 e. The van der Waals surface area contributed by atoms with Gasteiger partial charge in [0.1, 0.15) is 0 Å². The average molecular weight is 396 g/mol. The van der Waals surface area contributed by atoms with Crippen molar-refractivity contribution in [3.8, 4) is 5.75 Å². The molecule has 0 radical (unpaired) electrons. The van der Waals surface area contributed by atoms with Crippen molar-refractivity contribution in [2.45, 2.75) is 56.9 Å². The summed E-state index contributed by atoms with van der Waals surface area (Å²) in [5.74, 6) is 2.69. The van der Waals surface area contributed by atoms with E-state index < -0.39 is 0 Å². The molecule has 6 heteroatoms. The predicted octanol–water partition coefficient (Wildman–Crippen LogP) is 4.12. The zero-order chi connectivity index (χ0) is 19.8. The maximum atomic E-state index is 12.4. The van der Waals surface area contributed by atoms with Gasteiger partial charge in [-0.25, -0.2) is 4.79 Å². The molecule has 0 saturated heterocycles. The van der Waals surface area contributed by atoms with Gasteiger partial charge in [0.2, 0.25) is 0 Å². The Morgan fingerprint density at radius 3 is 2.48 bits per heavy atom. The fraction of sp³-hybridized carbons (Fsp3) is 0.565. The summed E-state index contributed by atoms with van der Waals surface area (Å²) in [5.41, 5.74) is 0.964. The molecule has 3 N–H and O–H groups in total. The molecule has 4 saturated carbocycles. The second-order valence-corrected chi connectivity index (χ2v) is 9.35. The van der Waals surface area contributed by atoms with Crippen LogP contribution in [0.3, 0.4) is 0 Å². The fourth-order valence-electron chi connectivity index (χ4n) is 6.29. The van der Waals surface area contributed by atoms with Gasteiger partial charge in [0.25, 0.3) is 0 Å². The Hall–Kier alpha value is -2.50. The van der Waals surface area contributed by atoms with E-state index >= 15 is 0 Å². The first-order chi connectivity index (χ1) is 14.1. The number of H-pyrrole nitrogens is 1. The maximum Gasteiger partial charge on any atom is 0.315 e. The number of fused-ring (bicyclic) bond motifs is 1. The quantitative estimate of drug-likeness (QED) is 0.508. The van der Waals surface area contributed by atoms with Crippen LogP contribution < -0.4 is 15.4 Å². The van der Waals surface area contributed by atoms with Crippen LogP contribution in [-0.2, 0) is 4.79 Å². The maximum absolute atomic E-state index is 12.4. The van der Waals surface area contributed by atoms with Crippen molar-refractivity contribution in [3.63, 3.8) is 0 Å². The van der Waals surface area contributed by atoms with Gasteiger partial charge in [-0.05, 0) is 74.8 Å². The minimum Gasteiger partial charge on any atom is -0.424 e. The third-order valence-electron chi connectivity index (χ3n) is 7.04. The first-order valence-corrected chi connectivity index (χ1v) is 10.9. The minimum atomic E-state index is -0.280. The lowest BCUT2D eigenvalue weighted by molar-refractivity contribution is -0.134. The summed E-state index contributed by atoms with van der Waals surface area (Å²) in [6, 6.07) is 7.63. The molecule has 4 fully saturated rings. The van der Waals surface area contributed by atoms with E-state index in [9.17, 15) is 9.59 Å². The number of rotatable bonds is 6. The number of amides is 2. The van der Waals surface area contributed by atoms with E-state index in [0.717, 1.165) is 47.9 Å². The van der Waals surface area contributed by atoms with Gasteiger partial charge in [-0.15, -0.1) is 0 Å². The number of ether oxygens (including phenoxy) is 1. The third kappa shape index (κ3) is 3.85. The van der Waals surface area contributed by atoms with Crippen LogP contribution in [0.2, 0.25) is 0 Å². The van der Waals surface area contributed by atoms with Gasteiger partial charge >= 0.3 is 12.0 Å². The molecule has 4 aliphatic rings. The molecule has 6 nitrogen and oxygen atoms in total. The van der Waals surface area contributed by atoms with Crippen LogP contribution in [-0.4, -0.2) is 29.1 Å². The number of urea groups is 1. The summed E-state index contributed by atoms with van der Waals surface area (Å²) in [6.45, 7) is 0.473. The monoisotopic (exact) mass is 395 g/mol. The molecule has 2 amide bonds. The van der Waals surface area contributed by atoms with E-state index in [2.05, 4.69) is 15.6 Å². The largest absolute Gasteiger partial charge is 0.424 e. The Balaban J connectivity index is 1.05. The summed E-state index contributed by atoms with van der Waals surface area (Å²) < 4.78 is 5.47. The number of hydrogen-bond donors (Lipinski definition) is 3. The molecule has 1 heterocycles. The lowest BCUT2D eigenvalue weighted by Gasteiger charge is -2.56. The Labute approximate surface area is 170 Å². The molecule has 0 unspecified atom stereocenters. The number of aromatic nitrogens is 1. The predicted molar refractivity (Wildman–Crippen MR) is 111 cm³/mol. The number of esters is 1. The summed E-state index contributed by atoms with van der Waals surface area (Å²) in [4.78, 5) is 27.7. The number of nitrogens with one attached hydrogen (secondary N) is 3. The molecule has 29 heavy (non-hydrogen) atoms. The van der Waals surface area contributed by atoms with E-state index in [4.69, 9.17) is 4.74 Å². The first kappa shape index (κ1) is 18.5. The SMILES string of the molecule is O=C(NCCCC(=O)Oc1c[nH]c2ccccc12)NC12CC3CC(CC(C3)C1)C2. The lowest BCUT2D eigenvalue weighted by atomic mass is 9.53. The first-order valence-electron chi connectivity index (χ1n) is 10.9. The van der Waals surface area contributed by atoms with Crippen molar-refractivity contribution in [1.82, 2.24) is 15.6 Å². The lowest BCUT2D eigenvalue weighted by Crippen LogP contribution is -2.61. The van der Waals surface area contributed by atoms with Gasteiger partial charge in [-0.1, -0.05) is 12.1 Å². The number of benzene rings is 1. The number of hydrogen-bond acceptors (Lipinski definition) is 3. The average Bonchev–Trinajstić information content (AvgIpc) is 3.07. The number of carbonyl (C=O) groups excluding carboxylic acids is 2. The molecule has 6 rings (SSSR count). The van der Waals surface area contributed by atoms with Crippen LogP contribution in [0, 0.1) is 17.8 Å². The summed E-state index contributed by atoms with van der Waals surface area (Å²) in [7, 11) is 0. The van der Waals surface area contributed by atoms with Gasteiger partial charge in [0.05, 0.1) is 0 Å². The molecule has 1 aromatic carbocycles. The molecule has 0 spiro atoms. The molecule has 0 aliphatic heterocycles. The van der Waals surface area contributed by atoms with Crippen molar-refractivity contribution in [2.75, 3.05) is 6.54 Å². The van der Waals surface area contributed by atoms with E-state index in [-0.39, 0.29) is 24.0 Å². The number of para-hydroxylation sites is 1. The van der Waals surface area contributed by atoms with Crippen molar-refractivity contribution in [1.29, 1.82) is 0 Å². The van der Waals surface area contributed by atoms with E-state index in [1.165, 1.54) is 19.3 Å². The Bertz CT molecular complexity index is 884. The normalized spacial score (nSPS) is 29.7. The second kappa shape index (κ2) is 7.39. The molecule has 4 bridgehead atoms. The molecular weight excluding hydrogens is 366 g/mol. The molecule has 1 aromatic heterocycles. The highest BCUT2D eigenvalue weighted by atomic mass is 16.5. The number of carbonyl (C=O) groups is 2. The van der Waals surface area contributed by atoms with Gasteiger partial charge in [-0.2, -0.15) is 0 Å². The number of aromatic amines is 1. The summed E-state index contributed by atoms with van der Waals surface area (Å²) in [5, 5.41) is 7.13. The highest BCUT2D eigenvalue weighted by Gasteiger charge is 2.51. The summed E-state index contributed by atoms with van der Waals surface area (Å²) in [6.07, 6.45) is 10.1. The second-order valence-electron chi connectivity index (χ2n) is 9.35. The fourth-order valence-corrected chi connectivity index (χ4v) is 6.29. The molecular formula is C23H29N3O3. The van der Waals surface area contributed by atoms with Crippen LogP contribution in [0.1, 0.15) is 51.4 Å². The van der Waals surface area contributed by atoms with Crippen molar-refractivity contribution < 1.29 is 14.3 Å². The Morgan fingerprint density at radius 2 is 1.76 bits per heavy atom. The molecule has 154 valence electrons. The zero-order valence-electron chi connectivity index (χ0n) is 16.7. The standard InChI is InChI=1S/C23H29N3O3/c27-21(29-20-14-25-19-5-2-1-4-18(19)20)6-3-7-24-22(28)26-23-11-15-8-16(12-23)10-17(9-15)13-23/h1-2,4-5,14-17,25H,3,6-13H2,(H2,24,26,28). The molecule has 2 aromatic rings. The highest BCUT2D eigenvalue weighted by molar-refractivity contribution is 5.88. The minimum absolute atomic E-state index is 0.0209. The zero-order valence-corrected chi connectivity index (χ0v) is 16.7. The van der Waals surface area contributed by atoms with Gasteiger partial charge in [0, 0.05) is 35.6 Å². The van der Waals surface area contributed by atoms with Crippen molar-refractivity contribution in [2.24, 2.45) is 17.8 Å². The molecule has 0 atom stereocenters. The van der Waals surface area contributed by atoms with Crippen LogP contribution >= 0.6 is 0 Å². The van der Waals surface area contributed by atoms with Crippen molar-refractivity contribution >= 4 is 22.9 Å². The van der Waals surface area contributed by atoms with Crippen LogP contribution in [0.5, 0.6) is 5.75 Å². The van der Waals surface area contributed by atoms with Crippen LogP contribution in [0.25, 0.3) is 10.9 Å². The topological polar surface area (TPSA) is 83.2 Å². The highest BCUT2D eigenvalue weighted by Crippen LogP contribution is 2.55. The Morgan fingerprint density at radius 1 is 1.07 bits per heavy atom. The Kier molecular flexibility index (Phi) is 4.72. The van der Waals surface area contributed by atoms with Gasteiger partial charge < -0.3 is 20.4 Å². The third-order valence-corrected chi connectivity index (χ3v) is 7.04. The van der Waals surface area contributed by atoms with Gasteiger partial charge in [-0.3, -0.25) is 4.79 Å². The van der Waals surface area contributed by atoms with E-state index in [1.54, 1.807) is 6.20 Å².